The molecule has 0 rings (SSSR count). The number of esters is 2. The molecular weight excluding hydrogens is 568 g/mol. The molecule has 5 heteroatoms. The van der Waals surface area contributed by atoms with Crippen LogP contribution in [0.3, 0.4) is 0 Å². The molecule has 0 radical (unpaired) electrons. The molecule has 0 aromatic carbocycles. The Kier molecular flexibility index (Phi) is 36.1. The zero-order chi connectivity index (χ0) is 32.2. The van der Waals surface area contributed by atoms with Crippen LogP contribution in [0.4, 0.5) is 0 Å². The second-order valence-electron chi connectivity index (χ2n) is 13.3. The minimum Gasteiger partial charge on any atom is -0.465 e. The summed E-state index contributed by atoms with van der Waals surface area (Å²) < 4.78 is 10.6. The van der Waals surface area contributed by atoms with Gasteiger partial charge in [0.05, 0.1) is 6.61 Å². The lowest BCUT2D eigenvalue weighted by atomic mass is 10.0. The van der Waals surface area contributed by atoms with Gasteiger partial charge in [0.2, 0.25) is 0 Å². The lowest BCUT2D eigenvalue weighted by Crippen LogP contribution is -2.16. The van der Waals surface area contributed by atoms with E-state index < -0.39 is 5.56 Å². The lowest BCUT2D eigenvalue weighted by Gasteiger charge is -2.11. The van der Waals surface area contributed by atoms with Crippen LogP contribution in [-0.2, 0) is 19.1 Å². The summed E-state index contributed by atoms with van der Waals surface area (Å²) in [6.07, 6.45) is 40.4. The highest BCUT2D eigenvalue weighted by atomic mass is 35.5. The minimum atomic E-state index is -0.725. The average molecular weight is 643 g/mol. The van der Waals surface area contributed by atoms with E-state index in [1.54, 1.807) is 0 Å². The number of hydrogen-bond acceptors (Lipinski definition) is 4. The molecule has 44 heavy (non-hydrogen) atoms. The quantitative estimate of drug-likeness (QED) is 0.0387. The number of hydrogen-bond donors (Lipinski definition) is 0. The predicted molar refractivity (Wildman–Crippen MR) is 190 cm³/mol. The molecule has 1 unspecified atom stereocenters. The molecule has 0 saturated heterocycles. The fourth-order valence-corrected chi connectivity index (χ4v) is 6.07. The average Bonchev–Trinajstić information content (AvgIpc) is 3.01. The Bertz CT molecular complexity index is 597. The zero-order valence-corrected chi connectivity index (χ0v) is 30.4. The molecule has 1 atom stereocenters. The number of carbonyl (C=O) groups excluding carboxylic acids is 2. The number of ether oxygens (including phenoxy) is 2. The first-order valence-corrected chi connectivity index (χ1v) is 20.0. The normalized spacial score (nSPS) is 12.0. The van der Waals surface area contributed by atoms with Crippen LogP contribution < -0.4 is 0 Å². The smallest absolute Gasteiger partial charge is 0.307 e. The fourth-order valence-electron chi connectivity index (χ4n) is 5.88. The molecule has 0 spiro atoms. The fraction of sp³-hybridized carbons (Fsp3) is 0.949. The Morgan fingerprint density at radius 3 is 1.02 bits per heavy atom. The van der Waals surface area contributed by atoms with Crippen molar-refractivity contribution in [2.24, 2.45) is 0 Å². The molecular formula is C39H75ClO4. The van der Waals surface area contributed by atoms with Crippen LogP contribution in [0.2, 0.25) is 0 Å². The van der Waals surface area contributed by atoms with E-state index in [1.165, 1.54) is 167 Å². The van der Waals surface area contributed by atoms with Crippen LogP contribution in [0, 0.1) is 0 Å². The van der Waals surface area contributed by atoms with Crippen LogP contribution in [0.1, 0.15) is 226 Å². The molecule has 262 valence electrons. The Morgan fingerprint density at radius 1 is 0.432 bits per heavy atom. The third-order valence-electron chi connectivity index (χ3n) is 8.84. The first kappa shape index (κ1) is 43.2. The molecule has 0 aromatic rings. The van der Waals surface area contributed by atoms with Crippen LogP contribution in [0.25, 0.3) is 0 Å². The minimum absolute atomic E-state index is 0.173. The molecule has 0 heterocycles. The number of rotatable bonds is 36. The van der Waals surface area contributed by atoms with Crippen molar-refractivity contribution >= 4 is 23.5 Å². The van der Waals surface area contributed by atoms with Crippen molar-refractivity contribution in [2.75, 3.05) is 6.61 Å². The first-order valence-electron chi connectivity index (χ1n) is 19.6. The molecule has 0 aliphatic rings. The van der Waals surface area contributed by atoms with E-state index in [9.17, 15) is 9.59 Å². The summed E-state index contributed by atoms with van der Waals surface area (Å²) in [4.78, 5) is 24.0. The van der Waals surface area contributed by atoms with E-state index >= 15 is 0 Å². The van der Waals surface area contributed by atoms with Crippen LogP contribution in [0.5, 0.6) is 0 Å². The van der Waals surface area contributed by atoms with Crippen molar-refractivity contribution in [1.82, 2.24) is 0 Å². The van der Waals surface area contributed by atoms with E-state index in [4.69, 9.17) is 21.1 Å². The highest BCUT2D eigenvalue weighted by Crippen LogP contribution is 2.16. The largest absolute Gasteiger partial charge is 0.465 e. The van der Waals surface area contributed by atoms with Crippen molar-refractivity contribution in [3.8, 4) is 0 Å². The van der Waals surface area contributed by atoms with Crippen LogP contribution in [0.15, 0.2) is 0 Å². The molecule has 0 fully saturated rings. The van der Waals surface area contributed by atoms with E-state index in [1.807, 2.05) is 0 Å². The molecule has 0 saturated carbocycles. The van der Waals surface area contributed by atoms with Gasteiger partial charge in [-0.1, -0.05) is 205 Å². The summed E-state index contributed by atoms with van der Waals surface area (Å²) in [7, 11) is 0. The molecule has 0 aromatic heterocycles. The summed E-state index contributed by atoms with van der Waals surface area (Å²) in [6.45, 7) is 4.75. The van der Waals surface area contributed by atoms with E-state index in [2.05, 4.69) is 13.8 Å². The Hall–Kier alpha value is -0.770. The van der Waals surface area contributed by atoms with Gasteiger partial charge in [-0.05, 0) is 12.8 Å². The monoisotopic (exact) mass is 643 g/mol. The molecule has 0 N–H and O–H groups in total. The summed E-state index contributed by atoms with van der Waals surface area (Å²) in [5, 5.41) is 0. The third kappa shape index (κ3) is 35.7. The maximum Gasteiger partial charge on any atom is 0.307 e. The highest BCUT2D eigenvalue weighted by molar-refractivity contribution is 6.20. The number of unbranched alkanes of at least 4 members (excludes halogenated alkanes) is 28. The van der Waals surface area contributed by atoms with Gasteiger partial charge in [-0.15, -0.1) is 0 Å². The Balaban J connectivity index is 3.37. The predicted octanol–water partition coefficient (Wildman–Crippen LogP) is 13.6. The van der Waals surface area contributed by atoms with E-state index in [0.717, 1.165) is 25.7 Å². The van der Waals surface area contributed by atoms with E-state index in [-0.39, 0.29) is 18.5 Å². The molecule has 0 bridgehead atoms. The van der Waals surface area contributed by atoms with Gasteiger partial charge in [0.1, 0.15) is 0 Å². The van der Waals surface area contributed by atoms with Gasteiger partial charge in [0.15, 0.2) is 5.56 Å². The first-order chi connectivity index (χ1) is 21.6. The standard InChI is InChI=1S/C39H75ClO4/c1-3-5-7-9-11-13-15-17-19-21-23-25-27-29-31-33-38(41)43-36-35-37(40)44-39(42)34-32-30-28-26-24-22-20-18-16-14-12-10-8-6-4-2/h37H,3-36H2,1-2H3. The highest BCUT2D eigenvalue weighted by Gasteiger charge is 2.12. The second kappa shape index (κ2) is 36.7. The van der Waals surface area contributed by atoms with Crippen molar-refractivity contribution in [2.45, 2.75) is 231 Å². The summed E-state index contributed by atoms with van der Waals surface area (Å²) in [6, 6.07) is 0. The third-order valence-corrected chi connectivity index (χ3v) is 9.14. The topological polar surface area (TPSA) is 52.6 Å². The summed E-state index contributed by atoms with van der Waals surface area (Å²) in [5.41, 5.74) is -0.725. The second-order valence-corrected chi connectivity index (χ2v) is 13.8. The van der Waals surface area contributed by atoms with Gasteiger partial charge in [0, 0.05) is 19.3 Å². The van der Waals surface area contributed by atoms with Gasteiger partial charge in [-0.2, -0.15) is 0 Å². The van der Waals surface area contributed by atoms with Crippen LogP contribution >= 0.6 is 11.6 Å². The Labute approximate surface area is 279 Å². The number of halogens is 1. The van der Waals surface area contributed by atoms with Crippen molar-refractivity contribution in [3.63, 3.8) is 0 Å². The zero-order valence-electron chi connectivity index (χ0n) is 29.6. The summed E-state index contributed by atoms with van der Waals surface area (Å²) >= 11 is 6.14. The van der Waals surface area contributed by atoms with Gasteiger partial charge < -0.3 is 9.47 Å². The van der Waals surface area contributed by atoms with Gasteiger partial charge in [-0.25, -0.2) is 0 Å². The summed E-state index contributed by atoms with van der Waals surface area (Å²) in [5.74, 6) is -0.420. The Morgan fingerprint density at radius 2 is 0.705 bits per heavy atom. The molecule has 0 aliphatic heterocycles. The van der Waals surface area contributed by atoms with Crippen molar-refractivity contribution in [3.05, 3.63) is 0 Å². The molecule has 0 amide bonds. The molecule has 4 nitrogen and oxygen atoms in total. The van der Waals surface area contributed by atoms with Crippen LogP contribution in [-0.4, -0.2) is 24.1 Å². The van der Waals surface area contributed by atoms with E-state index in [0.29, 0.717) is 19.3 Å². The number of carbonyl (C=O) groups is 2. The van der Waals surface area contributed by atoms with Crippen molar-refractivity contribution in [1.29, 1.82) is 0 Å². The maximum atomic E-state index is 12.0. The van der Waals surface area contributed by atoms with Gasteiger partial charge in [0.25, 0.3) is 0 Å². The maximum absolute atomic E-state index is 12.0. The van der Waals surface area contributed by atoms with Gasteiger partial charge >= 0.3 is 11.9 Å². The SMILES string of the molecule is CCCCCCCCCCCCCCCCCC(=O)OCCC(Cl)OC(=O)CCCCCCCCCCCCCCCCC. The number of alkyl halides is 1. The lowest BCUT2D eigenvalue weighted by molar-refractivity contribution is -0.147. The van der Waals surface area contributed by atoms with Gasteiger partial charge in [-0.3, -0.25) is 9.59 Å². The molecule has 0 aliphatic carbocycles. The van der Waals surface area contributed by atoms with Crippen molar-refractivity contribution < 1.29 is 19.1 Å².